The monoisotopic (exact) mass is 497 g/mol. The zero-order chi connectivity index (χ0) is 26.2. The molecule has 11 nitrogen and oxygen atoms in total. The van der Waals surface area contributed by atoms with E-state index < -0.39 is 5.91 Å². The van der Waals surface area contributed by atoms with Gasteiger partial charge in [-0.2, -0.15) is 15.2 Å². The third-order valence-electron chi connectivity index (χ3n) is 5.91. The molecule has 0 saturated heterocycles. The third kappa shape index (κ3) is 6.43. The lowest BCUT2D eigenvalue weighted by Crippen LogP contribution is -2.41. The Hall–Kier alpha value is -4.85. The number of carbonyl (C=O) groups excluding carboxylic acids is 2. The van der Waals surface area contributed by atoms with Gasteiger partial charge in [0.1, 0.15) is 0 Å². The highest BCUT2D eigenvalue weighted by atomic mass is 16.2. The molecule has 4 aromatic rings. The van der Waals surface area contributed by atoms with Crippen molar-refractivity contribution in [2.75, 3.05) is 0 Å². The van der Waals surface area contributed by atoms with E-state index in [9.17, 15) is 9.59 Å². The van der Waals surface area contributed by atoms with E-state index in [1.807, 2.05) is 44.2 Å². The van der Waals surface area contributed by atoms with E-state index >= 15 is 0 Å². The second kappa shape index (κ2) is 11.7. The van der Waals surface area contributed by atoms with Gasteiger partial charge in [0, 0.05) is 23.2 Å². The average molecular weight is 498 g/mol. The van der Waals surface area contributed by atoms with E-state index in [2.05, 4.69) is 37.4 Å². The highest BCUT2D eigenvalue weighted by molar-refractivity contribution is 5.95. The van der Waals surface area contributed by atoms with Crippen molar-refractivity contribution in [1.82, 2.24) is 40.8 Å². The van der Waals surface area contributed by atoms with Crippen LogP contribution in [0.15, 0.2) is 54.6 Å². The number of aromatic nitrogens is 6. The first kappa shape index (κ1) is 25.2. The van der Waals surface area contributed by atoms with Crippen LogP contribution in [0.4, 0.5) is 0 Å². The van der Waals surface area contributed by atoms with Crippen LogP contribution in [0, 0.1) is 25.2 Å². The molecule has 4 rings (SSSR count). The first-order valence-corrected chi connectivity index (χ1v) is 11.9. The Kier molecular flexibility index (Phi) is 8.00. The maximum atomic E-state index is 12.5. The van der Waals surface area contributed by atoms with Gasteiger partial charge in [-0.3, -0.25) is 25.1 Å². The second-order valence-corrected chi connectivity index (χ2v) is 8.49. The van der Waals surface area contributed by atoms with E-state index in [4.69, 9.17) is 5.26 Å². The Bertz CT molecular complexity index is 1420. The van der Waals surface area contributed by atoms with Crippen molar-refractivity contribution < 1.29 is 9.59 Å². The van der Waals surface area contributed by atoms with Gasteiger partial charge in [0.05, 0.1) is 31.3 Å². The predicted molar refractivity (Wildman–Crippen MR) is 135 cm³/mol. The van der Waals surface area contributed by atoms with Gasteiger partial charge < -0.3 is 0 Å². The molecule has 11 heteroatoms. The second-order valence-electron chi connectivity index (χ2n) is 8.49. The molecule has 0 fully saturated rings. The number of amides is 2. The first-order chi connectivity index (χ1) is 17.9. The van der Waals surface area contributed by atoms with Crippen LogP contribution >= 0.6 is 0 Å². The van der Waals surface area contributed by atoms with Crippen LogP contribution in [0.5, 0.6) is 0 Å². The highest BCUT2D eigenvalue weighted by Crippen LogP contribution is 2.16. The minimum absolute atomic E-state index is 0.195. The molecular formula is C26H27N9O2. The maximum Gasteiger partial charge on any atom is 0.269 e. The van der Waals surface area contributed by atoms with Crippen molar-refractivity contribution in [3.8, 4) is 17.5 Å². The molecule has 0 bridgehead atoms. The number of benzene rings is 2. The standard InChI is InChI=1S/C26H27N9O2/c1-18-23(19(2)34(31-18)16-6-15-27)13-14-24(36)28-30-26(37)22-11-9-20(10-12-22)17-35-32-25(29-33-35)21-7-4-3-5-8-21/h3-5,7-12H,6,13-14,16-17H2,1-2H3,(H,28,36)(H,30,37). The normalized spacial score (nSPS) is 10.6. The van der Waals surface area contributed by atoms with Crippen LogP contribution in [0.2, 0.25) is 0 Å². The van der Waals surface area contributed by atoms with Crippen LogP contribution in [0.3, 0.4) is 0 Å². The minimum Gasteiger partial charge on any atom is -0.273 e. The minimum atomic E-state index is -0.415. The van der Waals surface area contributed by atoms with Crippen LogP contribution in [-0.4, -0.2) is 41.8 Å². The number of hydrazine groups is 1. The van der Waals surface area contributed by atoms with Gasteiger partial charge in [-0.1, -0.05) is 42.5 Å². The zero-order valence-electron chi connectivity index (χ0n) is 20.7. The van der Waals surface area contributed by atoms with E-state index in [1.54, 1.807) is 28.9 Å². The number of hydrogen-bond donors (Lipinski definition) is 2. The number of nitrogens with one attached hydrogen (secondary N) is 2. The fourth-order valence-corrected chi connectivity index (χ4v) is 3.91. The van der Waals surface area contributed by atoms with Gasteiger partial charge in [0.15, 0.2) is 0 Å². The largest absolute Gasteiger partial charge is 0.273 e. The summed E-state index contributed by atoms with van der Waals surface area (Å²) in [4.78, 5) is 26.3. The summed E-state index contributed by atoms with van der Waals surface area (Å²) in [7, 11) is 0. The smallest absolute Gasteiger partial charge is 0.269 e. The van der Waals surface area contributed by atoms with E-state index in [0.717, 1.165) is 28.1 Å². The summed E-state index contributed by atoms with van der Waals surface area (Å²) >= 11 is 0. The molecule has 0 saturated carbocycles. The van der Waals surface area contributed by atoms with Crippen molar-refractivity contribution in [2.45, 2.75) is 46.2 Å². The predicted octanol–water partition coefficient (Wildman–Crippen LogP) is 2.51. The molecule has 0 aliphatic heterocycles. The maximum absolute atomic E-state index is 12.5. The number of rotatable bonds is 9. The Labute approximate surface area is 214 Å². The molecule has 0 aliphatic carbocycles. The molecule has 0 spiro atoms. The van der Waals surface area contributed by atoms with Crippen molar-refractivity contribution >= 4 is 11.8 Å². The summed E-state index contributed by atoms with van der Waals surface area (Å²) in [5.74, 6) is -0.174. The molecule has 0 unspecified atom stereocenters. The molecule has 2 heterocycles. The molecule has 0 radical (unpaired) electrons. The van der Waals surface area contributed by atoms with Crippen LogP contribution < -0.4 is 10.9 Å². The number of aryl methyl sites for hydroxylation is 2. The summed E-state index contributed by atoms with van der Waals surface area (Å²) in [6.07, 6.45) is 1.06. The number of hydrogen-bond acceptors (Lipinski definition) is 7. The molecule has 2 amide bonds. The van der Waals surface area contributed by atoms with Crippen molar-refractivity contribution in [2.24, 2.45) is 0 Å². The quantitative estimate of drug-likeness (QED) is 0.338. The fourth-order valence-electron chi connectivity index (χ4n) is 3.91. The molecule has 37 heavy (non-hydrogen) atoms. The van der Waals surface area contributed by atoms with Crippen LogP contribution in [0.25, 0.3) is 11.4 Å². The fraction of sp³-hybridized carbons (Fsp3) is 0.269. The number of tetrazole rings is 1. The van der Waals surface area contributed by atoms with Crippen LogP contribution in [-0.2, 0) is 24.3 Å². The van der Waals surface area contributed by atoms with Gasteiger partial charge in [-0.05, 0) is 48.7 Å². The van der Waals surface area contributed by atoms with E-state index in [-0.39, 0.29) is 12.3 Å². The zero-order valence-corrected chi connectivity index (χ0v) is 20.7. The summed E-state index contributed by atoms with van der Waals surface area (Å²) in [5.41, 5.74) is 9.88. The molecule has 188 valence electrons. The summed E-state index contributed by atoms with van der Waals surface area (Å²) in [6.45, 7) is 4.74. The van der Waals surface area contributed by atoms with Gasteiger partial charge >= 0.3 is 0 Å². The van der Waals surface area contributed by atoms with Gasteiger partial charge in [0.25, 0.3) is 5.91 Å². The van der Waals surface area contributed by atoms with Crippen molar-refractivity contribution in [3.05, 3.63) is 82.7 Å². The van der Waals surface area contributed by atoms with Gasteiger partial charge in [-0.15, -0.1) is 10.2 Å². The van der Waals surface area contributed by atoms with Crippen molar-refractivity contribution in [1.29, 1.82) is 5.26 Å². The highest BCUT2D eigenvalue weighted by Gasteiger charge is 2.14. The topological polar surface area (TPSA) is 143 Å². The van der Waals surface area contributed by atoms with Crippen molar-refractivity contribution in [3.63, 3.8) is 0 Å². The molecule has 0 atom stereocenters. The lowest BCUT2D eigenvalue weighted by atomic mass is 10.1. The number of nitrogens with zero attached hydrogens (tertiary/aromatic N) is 7. The lowest BCUT2D eigenvalue weighted by Gasteiger charge is -2.08. The summed E-state index contributed by atoms with van der Waals surface area (Å²) < 4.78 is 1.79. The molecule has 2 N–H and O–H groups in total. The number of carbonyl (C=O) groups is 2. The molecule has 0 aliphatic rings. The SMILES string of the molecule is Cc1nn(CCC#N)c(C)c1CCC(=O)NNC(=O)c1ccc(Cn2nnc(-c3ccccc3)n2)cc1. The van der Waals surface area contributed by atoms with Crippen LogP contribution in [0.1, 0.15) is 45.7 Å². The summed E-state index contributed by atoms with van der Waals surface area (Å²) in [5, 5.41) is 25.8. The lowest BCUT2D eigenvalue weighted by molar-refractivity contribution is -0.121. The first-order valence-electron chi connectivity index (χ1n) is 11.9. The Morgan fingerprint density at radius 2 is 1.76 bits per heavy atom. The Morgan fingerprint density at radius 3 is 2.49 bits per heavy atom. The summed E-state index contributed by atoms with van der Waals surface area (Å²) in [6, 6.07) is 18.7. The van der Waals surface area contributed by atoms with E-state index in [1.165, 1.54) is 4.80 Å². The number of nitriles is 1. The molecule has 2 aromatic heterocycles. The molecule has 2 aromatic carbocycles. The Morgan fingerprint density at radius 1 is 1.00 bits per heavy atom. The third-order valence-corrected chi connectivity index (χ3v) is 5.91. The van der Waals surface area contributed by atoms with Gasteiger partial charge in [0.2, 0.25) is 11.7 Å². The average Bonchev–Trinajstić information content (AvgIpc) is 3.49. The molecular weight excluding hydrogens is 470 g/mol. The van der Waals surface area contributed by atoms with E-state index in [0.29, 0.717) is 37.3 Å². The van der Waals surface area contributed by atoms with Gasteiger partial charge in [-0.25, -0.2) is 0 Å². The Balaban J connectivity index is 1.25.